The van der Waals surface area contributed by atoms with Crippen LogP contribution < -0.4 is 15.4 Å². The van der Waals surface area contributed by atoms with Crippen molar-refractivity contribution < 1.29 is 4.74 Å². The molecule has 0 fully saturated rings. The number of nitrogens with zero attached hydrogens (tertiary/aromatic N) is 5. The molecule has 2 N–H and O–H groups in total. The Morgan fingerprint density at radius 2 is 1.83 bits per heavy atom. The van der Waals surface area contributed by atoms with Gasteiger partial charge < -0.3 is 15.4 Å². The zero-order chi connectivity index (χ0) is 21.1. The first-order chi connectivity index (χ1) is 14.5. The Balaban J connectivity index is 1.64. The summed E-state index contributed by atoms with van der Waals surface area (Å²) in [4.78, 5) is 13.3. The Morgan fingerprint density at radius 1 is 1.03 bits per heavy atom. The second kappa shape index (κ2) is 8.38. The van der Waals surface area contributed by atoms with Crippen molar-refractivity contribution in [3.63, 3.8) is 0 Å². The Morgan fingerprint density at radius 3 is 2.53 bits per heavy atom. The lowest BCUT2D eigenvalue weighted by Crippen LogP contribution is -2.04. The van der Waals surface area contributed by atoms with Crippen LogP contribution in [0.5, 0.6) is 5.75 Å². The van der Waals surface area contributed by atoms with Gasteiger partial charge in [0.15, 0.2) is 11.6 Å². The van der Waals surface area contributed by atoms with E-state index < -0.39 is 0 Å². The van der Waals surface area contributed by atoms with Crippen LogP contribution in [0.15, 0.2) is 55.0 Å². The highest BCUT2D eigenvalue weighted by Gasteiger charge is 2.15. The van der Waals surface area contributed by atoms with Crippen molar-refractivity contribution in [3.8, 4) is 17.1 Å². The molecule has 0 saturated carbocycles. The summed E-state index contributed by atoms with van der Waals surface area (Å²) in [5.74, 6) is 2.34. The molecule has 0 radical (unpaired) electrons. The molecule has 0 aliphatic carbocycles. The number of para-hydroxylation sites is 1. The normalized spacial score (nSPS) is 10.7. The minimum absolute atomic E-state index is 0.465. The highest BCUT2D eigenvalue weighted by atomic mass is 35.5. The molecular weight excluding hydrogens is 402 g/mol. The summed E-state index contributed by atoms with van der Waals surface area (Å²) < 4.78 is 7.32. The number of halogens is 1. The number of hydrogen-bond acceptors (Lipinski definition) is 7. The summed E-state index contributed by atoms with van der Waals surface area (Å²) in [5, 5.41) is 11.6. The summed E-state index contributed by atoms with van der Waals surface area (Å²) in [5.41, 5.74) is 3.27. The predicted molar refractivity (Wildman–Crippen MR) is 118 cm³/mol. The number of benzene rings is 2. The topological polar surface area (TPSA) is 89.8 Å². The zero-order valence-electron chi connectivity index (χ0n) is 16.7. The lowest BCUT2D eigenvalue weighted by atomic mass is 10.1. The largest absolute Gasteiger partial charge is 0.494 e. The maximum absolute atomic E-state index is 5.95. The van der Waals surface area contributed by atoms with E-state index in [0.717, 1.165) is 22.5 Å². The van der Waals surface area contributed by atoms with Gasteiger partial charge in [-0.15, -0.1) is 0 Å². The molecule has 2 heterocycles. The molecule has 30 heavy (non-hydrogen) atoms. The first kappa shape index (κ1) is 19.7. The van der Waals surface area contributed by atoms with E-state index in [1.807, 2.05) is 44.3 Å². The quantitative estimate of drug-likeness (QED) is 0.465. The molecule has 4 aromatic rings. The number of hydrogen-bond donors (Lipinski definition) is 2. The fraction of sp³-hybridized carbons (Fsp3) is 0.143. The first-order valence-electron chi connectivity index (χ1n) is 9.20. The standard InChI is InChI=1S/C21H20ClN7O/c1-13-11-23-21(25-15-9-7-14(22)8-10-15)27-19(13)26-17-6-4-5-16(18(17)30-3)20-24-12-29(2)28-20/h4-12H,1-3H3,(H2,23,25,26,27). The van der Waals surface area contributed by atoms with E-state index in [1.165, 1.54) is 0 Å². The molecular formula is C21H20ClN7O. The van der Waals surface area contributed by atoms with Gasteiger partial charge in [-0.1, -0.05) is 17.7 Å². The second-order valence-electron chi connectivity index (χ2n) is 6.61. The first-order valence-corrected chi connectivity index (χ1v) is 9.57. The molecule has 0 aliphatic heterocycles. The van der Waals surface area contributed by atoms with Gasteiger partial charge in [0.05, 0.1) is 18.4 Å². The fourth-order valence-corrected chi connectivity index (χ4v) is 3.04. The average molecular weight is 422 g/mol. The lowest BCUT2D eigenvalue weighted by molar-refractivity contribution is 0.418. The van der Waals surface area contributed by atoms with Crippen molar-refractivity contribution in [1.29, 1.82) is 0 Å². The molecule has 0 unspecified atom stereocenters. The summed E-state index contributed by atoms with van der Waals surface area (Å²) >= 11 is 5.95. The van der Waals surface area contributed by atoms with Gasteiger partial charge in [0.25, 0.3) is 0 Å². The van der Waals surface area contributed by atoms with Gasteiger partial charge in [-0.25, -0.2) is 9.97 Å². The molecule has 8 nitrogen and oxygen atoms in total. The molecule has 152 valence electrons. The van der Waals surface area contributed by atoms with Crippen LogP contribution in [0.4, 0.5) is 23.1 Å². The highest BCUT2D eigenvalue weighted by molar-refractivity contribution is 6.30. The molecule has 0 atom stereocenters. The summed E-state index contributed by atoms with van der Waals surface area (Å²) in [7, 11) is 3.44. The van der Waals surface area contributed by atoms with Gasteiger partial charge in [-0.05, 0) is 43.3 Å². The number of aromatic nitrogens is 5. The molecule has 9 heteroatoms. The van der Waals surface area contributed by atoms with Gasteiger partial charge in [-0.2, -0.15) is 10.1 Å². The third kappa shape index (κ3) is 4.18. The minimum Gasteiger partial charge on any atom is -0.494 e. The molecule has 0 spiro atoms. The van der Waals surface area contributed by atoms with E-state index in [1.54, 1.807) is 36.4 Å². The smallest absolute Gasteiger partial charge is 0.229 e. The van der Waals surface area contributed by atoms with Crippen molar-refractivity contribution in [2.24, 2.45) is 7.05 Å². The van der Waals surface area contributed by atoms with Crippen molar-refractivity contribution in [1.82, 2.24) is 24.7 Å². The van der Waals surface area contributed by atoms with E-state index >= 15 is 0 Å². The lowest BCUT2D eigenvalue weighted by Gasteiger charge is -2.15. The Hall–Kier alpha value is -3.65. The van der Waals surface area contributed by atoms with Crippen LogP contribution in [0.2, 0.25) is 5.02 Å². The Kier molecular flexibility index (Phi) is 5.49. The van der Waals surface area contributed by atoms with Gasteiger partial charge in [0.2, 0.25) is 5.95 Å². The van der Waals surface area contributed by atoms with Crippen LogP contribution in [0.3, 0.4) is 0 Å². The van der Waals surface area contributed by atoms with Crippen molar-refractivity contribution in [3.05, 3.63) is 65.6 Å². The van der Waals surface area contributed by atoms with E-state index in [-0.39, 0.29) is 0 Å². The number of aryl methyl sites for hydroxylation is 2. The summed E-state index contributed by atoms with van der Waals surface area (Å²) in [6.07, 6.45) is 3.41. The van der Waals surface area contributed by atoms with Crippen LogP contribution in [0.25, 0.3) is 11.4 Å². The molecule has 2 aromatic carbocycles. The maximum atomic E-state index is 5.95. The number of anilines is 4. The second-order valence-corrected chi connectivity index (χ2v) is 7.05. The Bertz CT molecular complexity index is 1170. The maximum Gasteiger partial charge on any atom is 0.229 e. The van der Waals surface area contributed by atoms with Gasteiger partial charge in [0, 0.05) is 29.5 Å². The van der Waals surface area contributed by atoms with Crippen molar-refractivity contribution in [2.45, 2.75) is 6.92 Å². The Labute approximate surface area is 178 Å². The van der Waals surface area contributed by atoms with Crippen molar-refractivity contribution in [2.75, 3.05) is 17.7 Å². The van der Waals surface area contributed by atoms with E-state index in [4.69, 9.17) is 16.3 Å². The SMILES string of the molecule is COc1c(Nc2nc(Nc3ccc(Cl)cc3)ncc2C)cccc1-c1ncn(C)n1. The van der Waals surface area contributed by atoms with Crippen LogP contribution in [-0.2, 0) is 7.05 Å². The average Bonchev–Trinajstić information content (AvgIpc) is 3.18. The summed E-state index contributed by atoms with van der Waals surface area (Å²) in [6, 6.07) is 13.1. The predicted octanol–water partition coefficient (Wildman–Crippen LogP) is 4.73. The molecule has 0 aliphatic rings. The van der Waals surface area contributed by atoms with Gasteiger partial charge in [0.1, 0.15) is 12.1 Å². The monoisotopic (exact) mass is 421 g/mol. The molecule has 4 rings (SSSR count). The molecule has 2 aromatic heterocycles. The van der Waals surface area contributed by atoms with E-state index in [9.17, 15) is 0 Å². The third-order valence-corrected chi connectivity index (χ3v) is 4.64. The fourth-order valence-electron chi connectivity index (χ4n) is 2.91. The van der Waals surface area contributed by atoms with Gasteiger partial charge >= 0.3 is 0 Å². The van der Waals surface area contributed by atoms with Crippen LogP contribution in [0.1, 0.15) is 5.56 Å². The number of methoxy groups -OCH3 is 1. The van der Waals surface area contributed by atoms with E-state index in [0.29, 0.717) is 28.4 Å². The highest BCUT2D eigenvalue weighted by Crippen LogP contribution is 2.36. The minimum atomic E-state index is 0.465. The van der Waals surface area contributed by atoms with Crippen LogP contribution in [0, 0.1) is 6.92 Å². The van der Waals surface area contributed by atoms with Crippen LogP contribution >= 0.6 is 11.6 Å². The van der Waals surface area contributed by atoms with Crippen molar-refractivity contribution >= 4 is 34.7 Å². The zero-order valence-corrected chi connectivity index (χ0v) is 17.5. The number of ether oxygens (including phenoxy) is 1. The molecule has 0 saturated heterocycles. The number of nitrogens with one attached hydrogen (secondary N) is 2. The summed E-state index contributed by atoms with van der Waals surface area (Å²) in [6.45, 7) is 1.94. The molecule has 0 amide bonds. The molecule has 0 bridgehead atoms. The van der Waals surface area contributed by atoms with Crippen LogP contribution in [-0.4, -0.2) is 31.8 Å². The number of rotatable bonds is 6. The van der Waals surface area contributed by atoms with Gasteiger partial charge in [-0.3, -0.25) is 4.68 Å². The third-order valence-electron chi connectivity index (χ3n) is 4.38. The van der Waals surface area contributed by atoms with E-state index in [2.05, 4.69) is 30.7 Å².